The Kier molecular flexibility index (Phi) is 6.21. The molecule has 8 heteroatoms. The number of nitrogens with two attached hydrogens (primary N) is 1. The third kappa shape index (κ3) is 4.21. The lowest BCUT2D eigenvalue weighted by Crippen LogP contribution is -2.41. The van der Waals surface area contributed by atoms with Crippen molar-refractivity contribution in [2.45, 2.75) is 18.9 Å². The molecule has 6 nitrogen and oxygen atoms in total. The number of aromatic nitrogens is 1. The smallest absolute Gasteiger partial charge is 0.308 e. The van der Waals surface area contributed by atoms with Crippen LogP contribution in [0.25, 0.3) is 10.9 Å². The SMILES string of the molecule is Cl.N[C@@H]1CC[C@H](C(=O)O)CN(C(=O)c2ccc3cccc(Cl)c3n2)C1. The number of pyridine rings is 1. The molecule has 0 bridgehead atoms. The van der Waals surface area contributed by atoms with Gasteiger partial charge in [0.25, 0.3) is 5.91 Å². The average Bonchev–Trinajstić information content (AvgIpc) is 2.76. The fraction of sp³-hybridized carbons (Fsp3) is 0.353. The van der Waals surface area contributed by atoms with E-state index >= 15 is 0 Å². The number of carboxylic acid groups (broad SMARTS) is 1. The highest BCUT2D eigenvalue weighted by Gasteiger charge is 2.30. The molecule has 1 aliphatic heterocycles. The number of para-hydroxylation sites is 1. The monoisotopic (exact) mass is 383 g/mol. The van der Waals surface area contributed by atoms with Crippen molar-refractivity contribution in [3.05, 3.63) is 41.0 Å². The van der Waals surface area contributed by atoms with E-state index in [-0.39, 0.29) is 36.6 Å². The van der Waals surface area contributed by atoms with Gasteiger partial charge < -0.3 is 15.7 Å². The van der Waals surface area contributed by atoms with Gasteiger partial charge in [0.05, 0.1) is 16.5 Å². The van der Waals surface area contributed by atoms with E-state index < -0.39 is 11.9 Å². The number of nitrogens with zero attached hydrogens (tertiary/aromatic N) is 2. The molecule has 1 saturated heterocycles. The molecule has 3 N–H and O–H groups in total. The zero-order valence-corrected chi connectivity index (χ0v) is 15.0. The van der Waals surface area contributed by atoms with Gasteiger partial charge in [-0.15, -0.1) is 12.4 Å². The summed E-state index contributed by atoms with van der Waals surface area (Å²) in [4.78, 5) is 30.0. The summed E-state index contributed by atoms with van der Waals surface area (Å²) in [5.74, 6) is -1.83. The van der Waals surface area contributed by atoms with E-state index in [0.717, 1.165) is 5.39 Å². The molecule has 1 amide bonds. The maximum absolute atomic E-state index is 12.8. The molecule has 0 radical (unpaired) electrons. The van der Waals surface area contributed by atoms with Gasteiger partial charge in [-0.05, 0) is 25.0 Å². The van der Waals surface area contributed by atoms with Crippen LogP contribution in [0.5, 0.6) is 0 Å². The predicted molar refractivity (Wildman–Crippen MR) is 98.2 cm³/mol. The van der Waals surface area contributed by atoms with Gasteiger partial charge in [-0.3, -0.25) is 9.59 Å². The highest BCUT2D eigenvalue weighted by molar-refractivity contribution is 6.35. The summed E-state index contributed by atoms with van der Waals surface area (Å²) in [7, 11) is 0. The molecular formula is C17H19Cl2N3O3. The molecule has 0 aliphatic carbocycles. The molecule has 25 heavy (non-hydrogen) atoms. The van der Waals surface area contributed by atoms with Crippen LogP contribution >= 0.6 is 24.0 Å². The van der Waals surface area contributed by atoms with E-state index in [2.05, 4.69) is 4.98 Å². The highest BCUT2D eigenvalue weighted by atomic mass is 35.5. The minimum atomic E-state index is -0.906. The fourth-order valence-corrected chi connectivity index (χ4v) is 3.20. The number of hydrogen-bond donors (Lipinski definition) is 2. The maximum atomic E-state index is 12.8. The zero-order chi connectivity index (χ0) is 17.3. The Balaban J connectivity index is 0.00000225. The van der Waals surface area contributed by atoms with Crippen LogP contribution in [-0.4, -0.2) is 46.0 Å². The Morgan fingerprint density at radius 2 is 1.96 bits per heavy atom. The van der Waals surface area contributed by atoms with E-state index in [1.807, 2.05) is 12.1 Å². The molecule has 3 rings (SSSR count). The van der Waals surface area contributed by atoms with Crippen molar-refractivity contribution in [3.8, 4) is 0 Å². The molecule has 0 saturated carbocycles. The third-order valence-electron chi connectivity index (χ3n) is 4.31. The number of carbonyl (C=O) groups is 2. The molecule has 2 aromatic rings. The number of aliphatic carboxylic acids is 1. The van der Waals surface area contributed by atoms with Crippen molar-refractivity contribution in [3.63, 3.8) is 0 Å². The van der Waals surface area contributed by atoms with Crippen molar-refractivity contribution < 1.29 is 14.7 Å². The number of halogens is 2. The van der Waals surface area contributed by atoms with Crippen LogP contribution in [0, 0.1) is 5.92 Å². The molecule has 134 valence electrons. The Bertz CT molecular complexity index is 800. The minimum absolute atomic E-state index is 0. The van der Waals surface area contributed by atoms with Crippen LogP contribution in [-0.2, 0) is 4.79 Å². The van der Waals surface area contributed by atoms with Crippen molar-refractivity contribution in [2.24, 2.45) is 11.7 Å². The second kappa shape index (κ2) is 7.99. The molecule has 0 spiro atoms. The summed E-state index contributed by atoms with van der Waals surface area (Å²) in [6.07, 6.45) is 1.05. The van der Waals surface area contributed by atoms with Crippen LogP contribution in [0.2, 0.25) is 5.02 Å². The van der Waals surface area contributed by atoms with Crippen molar-refractivity contribution in [1.82, 2.24) is 9.88 Å². The second-order valence-electron chi connectivity index (χ2n) is 6.09. The maximum Gasteiger partial charge on any atom is 0.308 e. The quantitative estimate of drug-likeness (QED) is 0.830. The van der Waals surface area contributed by atoms with Crippen LogP contribution in [0.4, 0.5) is 0 Å². The summed E-state index contributed by atoms with van der Waals surface area (Å²) < 4.78 is 0. The van der Waals surface area contributed by atoms with Crippen molar-refractivity contribution >= 4 is 46.8 Å². The summed E-state index contributed by atoms with van der Waals surface area (Å²) in [6.45, 7) is 0.467. The Morgan fingerprint density at radius 1 is 1.20 bits per heavy atom. The lowest BCUT2D eigenvalue weighted by atomic mass is 10.0. The van der Waals surface area contributed by atoms with E-state index in [9.17, 15) is 14.7 Å². The van der Waals surface area contributed by atoms with Gasteiger partial charge in [0, 0.05) is 24.5 Å². The van der Waals surface area contributed by atoms with Gasteiger partial charge in [0.1, 0.15) is 5.69 Å². The lowest BCUT2D eigenvalue weighted by Gasteiger charge is -2.24. The van der Waals surface area contributed by atoms with Gasteiger partial charge in [0.15, 0.2) is 0 Å². The highest BCUT2D eigenvalue weighted by Crippen LogP contribution is 2.23. The number of carbonyl (C=O) groups excluding carboxylic acids is 1. The van der Waals surface area contributed by atoms with Crippen LogP contribution in [0.3, 0.4) is 0 Å². The first-order valence-electron chi connectivity index (χ1n) is 7.78. The first-order chi connectivity index (χ1) is 11.5. The van der Waals surface area contributed by atoms with E-state index in [1.165, 1.54) is 4.90 Å². The number of likely N-dealkylation sites (tertiary alicyclic amines) is 1. The van der Waals surface area contributed by atoms with Crippen molar-refractivity contribution in [2.75, 3.05) is 13.1 Å². The van der Waals surface area contributed by atoms with Gasteiger partial charge in [-0.1, -0.05) is 29.8 Å². The lowest BCUT2D eigenvalue weighted by molar-refractivity contribution is -0.142. The number of carboxylic acids is 1. The van der Waals surface area contributed by atoms with Gasteiger partial charge in [0.2, 0.25) is 0 Å². The summed E-state index contributed by atoms with van der Waals surface area (Å²) in [5.41, 5.74) is 6.79. The number of hydrogen-bond acceptors (Lipinski definition) is 4. The standard InChI is InChI=1S/C17H18ClN3O3.ClH/c18-13-3-1-2-10-5-7-14(20-15(10)13)16(22)21-8-11(17(23)24)4-6-12(19)9-21;/h1-3,5,7,11-12H,4,6,8-9,19H2,(H,23,24);1H/t11-,12+;/m0./s1. The van der Waals surface area contributed by atoms with Gasteiger partial charge >= 0.3 is 5.97 Å². The Hall–Kier alpha value is -1.89. The van der Waals surface area contributed by atoms with Gasteiger partial charge in [-0.2, -0.15) is 0 Å². The summed E-state index contributed by atoms with van der Waals surface area (Å²) in [6, 6.07) is 8.58. The minimum Gasteiger partial charge on any atom is -0.481 e. The topological polar surface area (TPSA) is 96.5 Å². The first kappa shape index (κ1) is 19.4. The molecule has 2 heterocycles. The third-order valence-corrected chi connectivity index (χ3v) is 4.61. The normalized spacial score (nSPS) is 20.6. The van der Waals surface area contributed by atoms with E-state index in [1.54, 1.807) is 18.2 Å². The summed E-state index contributed by atoms with van der Waals surface area (Å²) >= 11 is 6.15. The average molecular weight is 384 g/mol. The van der Waals surface area contributed by atoms with Crippen molar-refractivity contribution in [1.29, 1.82) is 0 Å². The Morgan fingerprint density at radius 3 is 2.68 bits per heavy atom. The molecule has 1 aromatic heterocycles. The van der Waals surface area contributed by atoms with Crippen LogP contribution < -0.4 is 5.73 Å². The van der Waals surface area contributed by atoms with Crippen LogP contribution in [0.1, 0.15) is 23.3 Å². The van der Waals surface area contributed by atoms with Gasteiger partial charge in [-0.25, -0.2) is 4.98 Å². The molecule has 0 unspecified atom stereocenters. The largest absolute Gasteiger partial charge is 0.481 e. The second-order valence-corrected chi connectivity index (χ2v) is 6.50. The number of fused-ring (bicyclic) bond motifs is 1. The molecule has 1 aromatic carbocycles. The molecule has 1 fully saturated rings. The molecular weight excluding hydrogens is 365 g/mol. The summed E-state index contributed by atoms with van der Waals surface area (Å²) in [5, 5.41) is 10.6. The number of rotatable bonds is 2. The Labute approximate surface area is 156 Å². The van der Waals surface area contributed by atoms with Crippen LogP contribution in [0.15, 0.2) is 30.3 Å². The predicted octanol–water partition coefficient (Wildman–Crippen LogP) is 2.57. The molecule has 1 aliphatic rings. The number of amides is 1. The van der Waals surface area contributed by atoms with E-state index in [0.29, 0.717) is 29.9 Å². The fourth-order valence-electron chi connectivity index (χ4n) is 2.98. The first-order valence-corrected chi connectivity index (χ1v) is 8.16. The zero-order valence-electron chi connectivity index (χ0n) is 13.4. The number of benzene rings is 1. The molecule has 2 atom stereocenters. The van der Waals surface area contributed by atoms with E-state index in [4.69, 9.17) is 17.3 Å².